The third-order valence-corrected chi connectivity index (χ3v) is 3.62. The Morgan fingerprint density at radius 1 is 0.800 bits per heavy atom. The molecule has 128 valence electrons. The lowest BCUT2D eigenvalue weighted by molar-refractivity contribution is 0.0600. The Bertz CT molecular complexity index is 806. The minimum Gasteiger partial charge on any atom is -0.465 e. The van der Waals surface area contributed by atoms with E-state index in [9.17, 15) is 9.59 Å². The number of hydrogen-bond acceptors (Lipinski definition) is 4. The van der Waals surface area contributed by atoms with E-state index < -0.39 is 5.97 Å². The van der Waals surface area contributed by atoms with Crippen LogP contribution in [-0.4, -0.2) is 19.0 Å². The summed E-state index contributed by atoms with van der Waals surface area (Å²) >= 11 is 0. The molecule has 5 nitrogen and oxygen atoms in total. The van der Waals surface area contributed by atoms with Crippen molar-refractivity contribution in [2.24, 2.45) is 0 Å². The minimum atomic E-state index is -0.406. The van der Waals surface area contributed by atoms with E-state index >= 15 is 0 Å². The van der Waals surface area contributed by atoms with Gasteiger partial charge < -0.3 is 4.74 Å². The van der Waals surface area contributed by atoms with Crippen molar-refractivity contribution in [2.45, 2.75) is 6.92 Å². The van der Waals surface area contributed by atoms with Gasteiger partial charge in [0.2, 0.25) is 0 Å². The summed E-state index contributed by atoms with van der Waals surface area (Å²) in [5.74, 6) is -0.683. The van der Waals surface area contributed by atoms with Gasteiger partial charge in [-0.2, -0.15) is 0 Å². The van der Waals surface area contributed by atoms with Crippen LogP contribution in [-0.2, 0) is 4.74 Å². The average Bonchev–Trinajstić information content (AvgIpc) is 2.65. The normalized spacial score (nSPS) is 9.84. The molecule has 0 heterocycles. The summed E-state index contributed by atoms with van der Waals surface area (Å²) in [6, 6.07) is 13.8. The summed E-state index contributed by atoms with van der Waals surface area (Å²) in [5, 5.41) is 0. The quantitative estimate of drug-likeness (QED) is 0.627. The van der Waals surface area contributed by atoms with E-state index in [0.717, 1.165) is 16.7 Å². The van der Waals surface area contributed by atoms with Gasteiger partial charge in [0.1, 0.15) is 0 Å². The monoisotopic (exact) mass is 336 g/mol. The van der Waals surface area contributed by atoms with Crippen LogP contribution in [0.3, 0.4) is 0 Å². The molecule has 0 aliphatic rings. The van der Waals surface area contributed by atoms with Crippen molar-refractivity contribution in [3.63, 3.8) is 0 Å². The first-order valence-corrected chi connectivity index (χ1v) is 7.62. The maximum absolute atomic E-state index is 12.1. The molecule has 0 radical (unpaired) electrons. The van der Waals surface area contributed by atoms with Gasteiger partial charge in [0.15, 0.2) is 0 Å². The molecular weight excluding hydrogens is 316 g/mol. The molecule has 2 aromatic carbocycles. The molecule has 0 fully saturated rings. The predicted octanol–water partition coefficient (Wildman–Crippen LogP) is 3.41. The maximum atomic E-state index is 12.1. The van der Waals surface area contributed by atoms with Crippen LogP contribution in [0.25, 0.3) is 11.3 Å². The second kappa shape index (κ2) is 7.97. The van der Waals surface area contributed by atoms with E-state index in [1.54, 1.807) is 36.4 Å². The second-order valence-corrected chi connectivity index (χ2v) is 5.48. The number of carbonyl (C=O) groups excluding carboxylic acids is 2. The summed E-state index contributed by atoms with van der Waals surface area (Å²) in [4.78, 5) is 23.6. The summed E-state index contributed by atoms with van der Waals surface area (Å²) < 4.78 is 4.65. The van der Waals surface area contributed by atoms with Crippen LogP contribution < -0.4 is 10.9 Å². The topological polar surface area (TPSA) is 67.4 Å². The molecule has 0 bridgehead atoms. The highest BCUT2D eigenvalue weighted by molar-refractivity contribution is 5.94. The highest BCUT2D eigenvalue weighted by atomic mass is 16.5. The standard InChI is InChI=1S/C20H20N2O3/c1-13(2)15-5-9-17(10-6-15)19(23)22-21-14(3)16-7-11-18(12-8-16)20(24)25-4/h5-12,21H,1,3H2,2,4H3,(H,22,23). The van der Waals surface area contributed by atoms with E-state index in [1.807, 2.05) is 19.1 Å². The SMILES string of the molecule is C=C(C)c1ccc(C(=O)NNC(=C)c2ccc(C(=O)OC)cc2)cc1. The molecule has 2 aromatic rings. The Kier molecular flexibility index (Phi) is 5.74. The number of nitrogens with one attached hydrogen (secondary N) is 2. The Hall–Kier alpha value is -3.34. The van der Waals surface area contributed by atoms with Gasteiger partial charge in [0.05, 0.1) is 18.4 Å². The molecule has 0 aliphatic carbocycles. The van der Waals surface area contributed by atoms with Gasteiger partial charge in [-0.05, 0) is 42.3 Å². The maximum Gasteiger partial charge on any atom is 0.337 e. The molecule has 0 saturated heterocycles. The van der Waals surface area contributed by atoms with Crippen LogP contribution in [0, 0.1) is 0 Å². The lowest BCUT2D eigenvalue weighted by Crippen LogP contribution is -2.35. The Morgan fingerprint density at radius 2 is 1.28 bits per heavy atom. The van der Waals surface area contributed by atoms with Gasteiger partial charge in [-0.15, -0.1) is 0 Å². The molecule has 0 spiro atoms. The fraction of sp³-hybridized carbons (Fsp3) is 0.100. The molecular formula is C20H20N2O3. The molecule has 5 heteroatoms. The smallest absolute Gasteiger partial charge is 0.337 e. The lowest BCUT2D eigenvalue weighted by atomic mass is 10.1. The van der Waals surface area contributed by atoms with Crippen molar-refractivity contribution in [1.29, 1.82) is 0 Å². The van der Waals surface area contributed by atoms with Crippen LogP contribution in [0.4, 0.5) is 0 Å². The van der Waals surface area contributed by atoms with Crippen LogP contribution >= 0.6 is 0 Å². The molecule has 2 N–H and O–H groups in total. The fourth-order valence-corrected chi connectivity index (χ4v) is 2.11. The number of methoxy groups -OCH3 is 1. The first-order chi connectivity index (χ1) is 11.9. The summed E-state index contributed by atoms with van der Waals surface area (Å²) in [5.41, 5.74) is 9.50. The Labute approximate surface area is 147 Å². The van der Waals surface area contributed by atoms with Gasteiger partial charge in [-0.1, -0.05) is 43.0 Å². The number of benzene rings is 2. The number of esters is 1. The third-order valence-electron chi connectivity index (χ3n) is 3.62. The molecule has 25 heavy (non-hydrogen) atoms. The molecule has 2 rings (SSSR count). The third kappa shape index (κ3) is 4.57. The Balaban J connectivity index is 1.95. The van der Waals surface area contributed by atoms with Gasteiger partial charge in [-0.25, -0.2) is 4.79 Å². The van der Waals surface area contributed by atoms with Gasteiger partial charge in [0, 0.05) is 5.56 Å². The van der Waals surface area contributed by atoms with Crippen molar-refractivity contribution in [2.75, 3.05) is 7.11 Å². The number of carbonyl (C=O) groups is 2. The highest BCUT2D eigenvalue weighted by Gasteiger charge is 2.08. The summed E-state index contributed by atoms with van der Waals surface area (Å²) in [6.45, 7) is 9.64. The van der Waals surface area contributed by atoms with Crippen LogP contribution in [0.5, 0.6) is 0 Å². The van der Waals surface area contributed by atoms with E-state index in [-0.39, 0.29) is 5.91 Å². The Morgan fingerprint density at radius 3 is 1.80 bits per heavy atom. The van der Waals surface area contributed by atoms with Gasteiger partial charge in [0.25, 0.3) is 5.91 Å². The predicted molar refractivity (Wildman–Crippen MR) is 98.6 cm³/mol. The largest absolute Gasteiger partial charge is 0.465 e. The van der Waals surface area contributed by atoms with Gasteiger partial charge >= 0.3 is 5.97 Å². The van der Waals surface area contributed by atoms with E-state index in [2.05, 4.69) is 28.7 Å². The fourth-order valence-electron chi connectivity index (χ4n) is 2.11. The zero-order chi connectivity index (χ0) is 18.4. The van der Waals surface area contributed by atoms with Crippen molar-refractivity contribution in [3.05, 3.63) is 83.9 Å². The van der Waals surface area contributed by atoms with E-state index in [1.165, 1.54) is 7.11 Å². The number of allylic oxidation sites excluding steroid dienone is 1. The summed E-state index contributed by atoms with van der Waals surface area (Å²) in [6.07, 6.45) is 0. The minimum absolute atomic E-state index is 0.277. The van der Waals surface area contributed by atoms with Crippen LogP contribution in [0.1, 0.15) is 38.8 Å². The van der Waals surface area contributed by atoms with Crippen molar-refractivity contribution in [1.82, 2.24) is 10.9 Å². The van der Waals surface area contributed by atoms with Crippen molar-refractivity contribution >= 4 is 23.1 Å². The summed E-state index contributed by atoms with van der Waals surface area (Å²) in [7, 11) is 1.33. The van der Waals surface area contributed by atoms with E-state index in [4.69, 9.17) is 0 Å². The zero-order valence-corrected chi connectivity index (χ0v) is 14.3. The van der Waals surface area contributed by atoms with Crippen LogP contribution in [0.2, 0.25) is 0 Å². The lowest BCUT2D eigenvalue weighted by Gasteiger charge is -2.12. The molecule has 0 atom stereocenters. The first-order valence-electron chi connectivity index (χ1n) is 7.62. The van der Waals surface area contributed by atoms with Crippen molar-refractivity contribution in [3.8, 4) is 0 Å². The highest BCUT2D eigenvalue weighted by Crippen LogP contribution is 2.13. The number of ether oxygens (including phenoxy) is 1. The second-order valence-electron chi connectivity index (χ2n) is 5.48. The first kappa shape index (κ1) is 18.0. The molecule has 1 amide bonds. The number of hydrogen-bond donors (Lipinski definition) is 2. The number of rotatable bonds is 6. The average molecular weight is 336 g/mol. The molecule has 0 saturated carbocycles. The van der Waals surface area contributed by atoms with Gasteiger partial charge in [-0.3, -0.25) is 15.6 Å². The molecule has 0 unspecified atom stereocenters. The zero-order valence-electron chi connectivity index (χ0n) is 14.3. The van der Waals surface area contributed by atoms with Crippen LogP contribution in [0.15, 0.2) is 61.7 Å². The number of amides is 1. The number of hydrazine groups is 1. The van der Waals surface area contributed by atoms with E-state index in [0.29, 0.717) is 16.8 Å². The molecule has 0 aliphatic heterocycles. The van der Waals surface area contributed by atoms with Crippen molar-refractivity contribution < 1.29 is 14.3 Å². The molecule has 0 aromatic heterocycles.